The van der Waals surface area contributed by atoms with E-state index in [9.17, 15) is 0 Å². The van der Waals surface area contributed by atoms with Crippen molar-refractivity contribution in [3.05, 3.63) is 34.9 Å². The average molecular weight is 314 g/mol. The van der Waals surface area contributed by atoms with Gasteiger partial charge in [-0.15, -0.1) is 0 Å². The van der Waals surface area contributed by atoms with E-state index in [2.05, 4.69) is 52.8 Å². The number of hydrogen-bond donors (Lipinski definition) is 0. The average Bonchev–Trinajstić information content (AvgIpc) is 2.48. The summed E-state index contributed by atoms with van der Waals surface area (Å²) < 4.78 is 12.3. The van der Waals surface area contributed by atoms with E-state index < -0.39 is 0 Å². The Balaban J connectivity index is 2.16. The number of ether oxygens (including phenoxy) is 2. The number of allylic oxidation sites excluding steroid dienone is 2. The lowest BCUT2D eigenvalue weighted by molar-refractivity contribution is 0.00480. The molecular formula is C21H30O2. The van der Waals surface area contributed by atoms with Crippen molar-refractivity contribution in [2.75, 3.05) is 7.11 Å². The van der Waals surface area contributed by atoms with E-state index in [0.29, 0.717) is 17.8 Å². The SMILES string of the molecule is CCCc1cc(OC)c2c(c1)OC(C)(C)[C@@H]1CC(C)C(C)=C[C@@H]21. The summed E-state index contributed by atoms with van der Waals surface area (Å²) in [7, 11) is 1.78. The highest BCUT2D eigenvalue weighted by molar-refractivity contribution is 5.54. The number of hydrogen-bond acceptors (Lipinski definition) is 2. The Labute approximate surface area is 140 Å². The van der Waals surface area contributed by atoms with Crippen molar-refractivity contribution in [1.29, 1.82) is 0 Å². The first-order chi connectivity index (χ1) is 10.9. The molecule has 1 heterocycles. The van der Waals surface area contributed by atoms with Gasteiger partial charge in [0.1, 0.15) is 17.1 Å². The van der Waals surface area contributed by atoms with Crippen LogP contribution in [-0.4, -0.2) is 12.7 Å². The van der Waals surface area contributed by atoms with Crippen LogP contribution in [0.4, 0.5) is 0 Å². The zero-order chi connectivity index (χ0) is 16.8. The van der Waals surface area contributed by atoms with Gasteiger partial charge in [0, 0.05) is 17.4 Å². The summed E-state index contributed by atoms with van der Waals surface area (Å²) in [5.74, 6) is 3.55. The number of aryl methyl sites for hydroxylation is 1. The summed E-state index contributed by atoms with van der Waals surface area (Å²) in [4.78, 5) is 0. The summed E-state index contributed by atoms with van der Waals surface area (Å²) in [6.45, 7) is 11.3. The normalized spacial score (nSPS) is 28.3. The van der Waals surface area contributed by atoms with Crippen molar-refractivity contribution in [2.45, 2.75) is 65.4 Å². The lowest BCUT2D eigenvalue weighted by Crippen LogP contribution is -2.46. The Morgan fingerprint density at radius 3 is 2.70 bits per heavy atom. The highest BCUT2D eigenvalue weighted by Gasteiger charge is 2.46. The molecule has 1 aliphatic carbocycles. The molecule has 126 valence electrons. The van der Waals surface area contributed by atoms with Gasteiger partial charge >= 0.3 is 0 Å². The third-order valence-electron chi connectivity index (χ3n) is 5.78. The predicted molar refractivity (Wildman–Crippen MR) is 95.5 cm³/mol. The van der Waals surface area contributed by atoms with Crippen LogP contribution in [0.2, 0.25) is 0 Å². The Morgan fingerprint density at radius 2 is 2.04 bits per heavy atom. The monoisotopic (exact) mass is 314 g/mol. The first-order valence-electron chi connectivity index (χ1n) is 8.95. The molecular weight excluding hydrogens is 284 g/mol. The minimum Gasteiger partial charge on any atom is -0.496 e. The zero-order valence-electron chi connectivity index (χ0n) is 15.4. The second kappa shape index (κ2) is 5.89. The molecule has 2 heteroatoms. The molecule has 0 spiro atoms. The molecule has 1 aliphatic heterocycles. The lowest BCUT2D eigenvalue weighted by Gasteiger charge is -2.48. The van der Waals surface area contributed by atoms with Crippen LogP contribution in [0, 0.1) is 11.8 Å². The first kappa shape index (κ1) is 16.4. The van der Waals surface area contributed by atoms with E-state index in [1.807, 2.05) is 0 Å². The predicted octanol–water partition coefficient (Wildman–Crippen LogP) is 5.50. The van der Waals surface area contributed by atoms with Gasteiger partial charge in [-0.05, 0) is 57.2 Å². The van der Waals surface area contributed by atoms with E-state index >= 15 is 0 Å². The van der Waals surface area contributed by atoms with Gasteiger partial charge in [0.15, 0.2) is 0 Å². The Hall–Kier alpha value is -1.44. The van der Waals surface area contributed by atoms with Crippen molar-refractivity contribution in [3.63, 3.8) is 0 Å². The second-order valence-corrected chi connectivity index (χ2v) is 7.85. The van der Waals surface area contributed by atoms with Crippen LogP contribution in [-0.2, 0) is 6.42 Å². The van der Waals surface area contributed by atoms with E-state index in [4.69, 9.17) is 9.47 Å². The van der Waals surface area contributed by atoms with E-state index in [-0.39, 0.29) is 5.60 Å². The van der Waals surface area contributed by atoms with Crippen LogP contribution in [0.15, 0.2) is 23.8 Å². The fourth-order valence-corrected chi connectivity index (χ4v) is 4.31. The Kier molecular flexibility index (Phi) is 4.20. The number of rotatable bonds is 3. The zero-order valence-corrected chi connectivity index (χ0v) is 15.4. The third-order valence-corrected chi connectivity index (χ3v) is 5.78. The van der Waals surface area contributed by atoms with Gasteiger partial charge in [-0.3, -0.25) is 0 Å². The number of methoxy groups -OCH3 is 1. The highest BCUT2D eigenvalue weighted by atomic mass is 16.5. The maximum Gasteiger partial charge on any atom is 0.127 e. The van der Waals surface area contributed by atoms with E-state index in [0.717, 1.165) is 24.3 Å². The quantitative estimate of drug-likeness (QED) is 0.685. The molecule has 0 N–H and O–H groups in total. The topological polar surface area (TPSA) is 18.5 Å². The first-order valence-corrected chi connectivity index (χ1v) is 8.95. The fraction of sp³-hybridized carbons (Fsp3) is 0.619. The van der Waals surface area contributed by atoms with Gasteiger partial charge in [0.25, 0.3) is 0 Å². The van der Waals surface area contributed by atoms with Crippen molar-refractivity contribution in [3.8, 4) is 11.5 Å². The minimum absolute atomic E-state index is 0.140. The standard InChI is InChI=1S/C21H30O2/c1-7-8-15-11-18(22-6)20-16-9-13(2)14(3)10-17(16)21(4,5)23-19(20)12-15/h9,11-12,14,16-17H,7-8,10H2,1-6H3/t14?,16-,17-/m1/s1. The maximum absolute atomic E-state index is 6.49. The molecule has 0 bridgehead atoms. The minimum atomic E-state index is -0.140. The van der Waals surface area contributed by atoms with Gasteiger partial charge in [0.2, 0.25) is 0 Å². The Bertz CT molecular complexity index is 627. The van der Waals surface area contributed by atoms with Gasteiger partial charge in [-0.1, -0.05) is 31.9 Å². The van der Waals surface area contributed by atoms with Crippen molar-refractivity contribution >= 4 is 0 Å². The molecule has 3 rings (SSSR count). The van der Waals surface area contributed by atoms with Crippen LogP contribution in [0.25, 0.3) is 0 Å². The Morgan fingerprint density at radius 1 is 1.30 bits per heavy atom. The molecule has 0 fully saturated rings. The molecule has 1 aromatic carbocycles. The van der Waals surface area contributed by atoms with Crippen LogP contribution < -0.4 is 9.47 Å². The summed E-state index contributed by atoms with van der Waals surface area (Å²) in [6.07, 6.45) is 5.84. The fourth-order valence-electron chi connectivity index (χ4n) is 4.31. The van der Waals surface area contributed by atoms with Crippen molar-refractivity contribution in [1.82, 2.24) is 0 Å². The molecule has 0 saturated heterocycles. The summed E-state index contributed by atoms with van der Waals surface area (Å²) in [5, 5.41) is 0. The molecule has 0 radical (unpaired) electrons. The summed E-state index contributed by atoms with van der Waals surface area (Å²) >= 11 is 0. The largest absolute Gasteiger partial charge is 0.496 e. The molecule has 23 heavy (non-hydrogen) atoms. The summed E-state index contributed by atoms with van der Waals surface area (Å²) in [5.41, 5.74) is 3.92. The maximum atomic E-state index is 6.49. The second-order valence-electron chi connectivity index (χ2n) is 7.85. The van der Waals surface area contributed by atoms with Crippen LogP contribution in [0.5, 0.6) is 11.5 Å². The van der Waals surface area contributed by atoms with Gasteiger partial charge in [0.05, 0.1) is 7.11 Å². The van der Waals surface area contributed by atoms with Crippen LogP contribution in [0.3, 0.4) is 0 Å². The molecule has 1 unspecified atom stereocenters. The van der Waals surface area contributed by atoms with Gasteiger partial charge < -0.3 is 9.47 Å². The molecule has 0 amide bonds. The van der Waals surface area contributed by atoms with E-state index in [1.54, 1.807) is 7.11 Å². The molecule has 0 aromatic heterocycles. The summed E-state index contributed by atoms with van der Waals surface area (Å²) in [6, 6.07) is 4.45. The van der Waals surface area contributed by atoms with Crippen molar-refractivity contribution in [2.24, 2.45) is 11.8 Å². The number of fused-ring (bicyclic) bond motifs is 3. The van der Waals surface area contributed by atoms with Crippen molar-refractivity contribution < 1.29 is 9.47 Å². The molecule has 2 nitrogen and oxygen atoms in total. The van der Waals surface area contributed by atoms with Gasteiger partial charge in [-0.25, -0.2) is 0 Å². The van der Waals surface area contributed by atoms with E-state index in [1.165, 1.54) is 23.1 Å². The van der Waals surface area contributed by atoms with Crippen LogP contribution in [0.1, 0.15) is 64.5 Å². The third kappa shape index (κ3) is 2.77. The molecule has 2 aliphatic rings. The molecule has 1 aromatic rings. The highest BCUT2D eigenvalue weighted by Crippen LogP contribution is 2.54. The molecule has 0 saturated carbocycles. The molecule has 3 atom stereocenters. The van der Waals surface area contributed by atoms with Gasteiger partial charge in [-0.2, -0.15) is 0 Å². The van der Waals surface area contributed by atoms with Crippen LogP contribution >= 0.6 is 0 Å². The number of benzene rings is 1. The smallest absolute Gasteiger partial charge is 0.127 e. The lowest BCUT2D eigenvalue weighted by atomic mass is 9.65.